The van der Waals surface area contributed by atoms with Crippen LogP contribution in [0.25, 0.3) is 11.1 Å². The van der Waals surface area contributed by atoms with Crippen molar-refractivity contribution >= 4 is 28.6 Å². The van der Waals surface area contributed by atoms with E-state index in [1.807, 2.05) is 7.05 Å². The van der Waals surface area contributed by atoms with E-state index in [1.54, 1.807) is 30.0 Å². The Bertz CT molecular complexity index is 740. The van der Waals surface area contributed by atoms with E-state index in [0.29, 0.717) is 30.3 Å². The van der Waals surface area contributed by atoms with E-state index in [0.717, 1.165) is 25.0 Å². The maximum absolute atomic E-state index is 12.3. The van der Waals surface area contributed by atoms with Crippen molar-refractivity contribution in [1.82, 2.24) is 14.8 Å². The Hall–Kier alpha value is -2.41. The number of nitrogens with zero attached hydrogens (tertiary/aromatic N) is 3. The summed E-state index contributed by atoms with van der Waals surface area (Å²) in [6, 6.07) is 5.15. The van der Waals surface area contributed by atoms with Gasteiger partial charge in [-0.2, -0.15) is 0 Å². The third kappa shape index (κ3) is 3.50. The number of benzene rings is 1. The Morgan fingerprint density at radius 1 is 1.22 bits per heavy atom. The first kappa shape index (κ1) is 15.5. The van der Waals surface area contributed by atoms with Gasteiger partial charge in [0.1, 0.15) is 5.52 Å². The molecule has 0 saturated carbocycles. The molecule has 0 aliphatic carbocycles. The molecular weight excluding hydrogens is 296 g/mol. The number of aryl methyl sites for hydroxylation is 1. The van der Waals surface area contributed by atoms with Crippen molar-refractivity contribution in [3.8, 4) is 0 Å². The monoisotopic (exact) mass is 316 g/mol. The molecule has 0 atom stereocenters. The quantitative estimate of drug-likeness (QED) is 0.801. The third-order valence-electron chi connectivity index (χ3n) is 3.95. The largest absolute Gasteiger partial charge is 0.441 e. The molecule has 1 saturated heterocycles. The van der Waals surface area contributed by atoms with Crippen LogP contribution >= 0.6 is 0 Å². The molecule has 1 aliphatic heterocycles. The maximum Gasteiger partial charge on any atom is 0.313 e. The van der Waals surface area contributed by atoms with Crippen molar-refractivity contribution in [1.29, 1.82) is 0 Å². The number of hydrogen-bond donors (Lipinski definition) is 1. The van der Waals surface area contributed by atoms with Crippen molar-refractivity contribution in [3.05, 3.63) is 24.1 Å². The Kier molecular flexibility index (Phi) is 4.29. The molecule has 7 heteroatoms. The Morgan fingerprint density at radius 3 is 2.87 bits per heavy atom. The van der Waals surface area contributed by atoms with Crippen LogP contribution < -0.4 is 5.32 Å². The molecular formula is C16H20N4O3. The first-order chi connectivity index (χ1) is 11.0. The van der Waals surface area contributed by atoms with E-state index >= 15 is 0 Å². The average molecular weight is 316 g/mol. The summed E-state index contributed by atoms with van der Waals surface area (Å²) in [4.78, 5) is 32.4. The van der Waals surface area contributed by atoms with Crippen LogP contribution in [0.4, 0.5) is 5.69 Å². The van der Waals surface area contributed by atoms with Crippen LogP contribution in [-0.4, -0.2) is 59.8 Å². The lowest BCUT2D eigenvalue weighted by molar-refractivity contribution is -0.143. The second-order valence-electron chi connectivity index (χ2n) is 5.82. The van der Waals surface area contributed by atoms with E-state index in [-0.39, 0.29) is 0 Å². The summed E-state index contributed by atoms with van der Waals surface area (Å²) in [5.41, 5.74) is 1.84. The van der Waals surface area contributed by atoms with Gasteiger partial charge in [0.25, 0.3) is 0 Å². The summed E-state index contributed by atoms with van der Waals surface area (Å²) in [5, 5.41) is 2.64. The highest BCUT2D eigenvalue weighted by atomic mass is 16.3. The van der Waals surface area contributed by atoms with Crippen molar-refractivity contribution in [2.75, 3.05) is 38.5 Å². The number of rotatable bonds is 1. The lowest BCUT2D eigenvalue weighted by atomic mass is 10.3. The minimum absolute atomic E-state index is 0.492. The number of carbonyl (C=O) groups is 2. The van der Waals surface area contributed by atoms with Crippen LogP contribution in [0.3, 0.4) is 0 Å². The van der Waals surface area contributed by atoms with Gasteiger partial charge in [-0.3, -0.25) is 9.59 Å². The molecule has 1 aromatic carbocycles. The highest BCUT2D eigenvalue weighted by molar-refractivity contribution is 6.39. The SMILES string of the molecule is Cc1nc2ccc(NC(=O)C(=O)N3CCCN(C)CC3)cc2o1. The van der Waals surface area contributed by atoms with Gasteiger partial charge in [0.05, 0.1) is 0 Å². The molecule has 1 aromatic heterocycles. The van der Waals surface area contributed by atoms with E-state index in [9.17, 15) is 9.59 Å². The predicted octanol–water partition coefficient (Wildman–Crippen LogP) is 1.24. The first-order valence-electron chi connectivity index (χ1n) is 7.69. The summed E-state index contributed by atoms with van der Waals surface area (Å²) < 4.78 is 5.43. The number of carbonyl (C=O) groups excluding carboxylic acids is 2. The first-order valence-corrected chi connectivity index (χ1v) is 7.69. The Morgan fingerprint density at radius 2 is 2.04 bits per heavy atom. The minimum Gasteiger partial charge on any atom is -0.441 e. The van der Waals surface area contributed by atoms with Gasteiger partial charge < -0.3 is 19.5 Å². The summed E-state index contributed by atoms with van der Waals surface area (Å²) in [6.07, 6.45) is 0.874. The fourth-order valence-corrected chi connectivity index (χ4v) is 2.70. The summed E-state index contributed by atoms with van der Waals surface area (Å²) in [6.45, 7) is 4.66. The zero-order chi connectivity index (χ0) is 16.4. The standard InChI is InChI=1S/C16H20N4O3/c1-11-17-13-5-4-12(10-14(13)23-11)18-15(21)16(22)20-7-3-6-19(2)8-9-20/h4-5,10H,3,6-9H2,1-2H3,(H,18,21). The number of aromatic nitrogens is 1. The predicted molar refractivity (Wildman–Crippen MR) is 86.1 cm³/mol. The van der Waals surface area contributed by atoms with E-state index in [2.05, 4.69) is 15.2 Å². The number of amides is 2. The number of oxazole rings is 1. The molecule has 0 unspecified atom stereocenters. The van der Waals surface area contributed by atoms with Gasteiger partial charge in [0.2, 0.25) is 0 Å². The van der Waals surface area contributed by atoms with Crippen molar-refractivity contribution in [3.63, 3.8) is 0 Å². The molecule has 3 rings (SSSR count). The van der Waals surface area contributed by atoms with Gasteiger partial charge in [-0.1, -0.05) is 0 Å². The Balaban J connectivity index is 1.68. The normalized spacial score (nSPS) is 16.3. The number of fused-ring (bicyclic) bond motifs is 1. The van der Waals surface area contributed by atoms with Crippen LogP contribution in [0.1, 0.15) is 12.3 Å². The zero-order valence-electron chi connectivity index (χ0n) is 13.3. The van der Waals surface area contributed by atoms with E-state index in [4.69, 9.17) is 4.42 Å². The average Bonchev–Trinajstić information content (AvgIpc) is 2.74. The molecule has 23 heavy (non-hydrogen) atoms. The highest BCUT2D eigenvalue weighted by Crippen LogP contribution is 2.19. The van der Waals surface area contributed by atoms with Gasteiger partial charge in [-0.25, -0.2) is 4.98 Å². The molecule has 0 spiro atoms. The molecule has 2 amide bonds. The fourth-order valence-electron chi connectivity index (χ4n) is 2.70. The second kappa shape index (κ2) is 6.37. The van der Waals surface area contributed by atoms with Gasteiger partial charge in [0.15, 0.2) is 11.5 Å². The molecule has 7 nitrogen and oxygen atoms in total. The van der Waals surface area contributed by atoms with Crippen LogP contribution in [0.5, 0.6) is 0 Å². The van der Waals surface area contributed by atoms with Crippen molar-refractivity contribution < 1.29 is 14.0 Å². The second-order valence-corrected chi connectivity index (χ2v) is 5.82. The van der Waals surface area contributed by atoms with Crippen molar-refractivity contribution in [2.24, 2.45) is 0 Å². The van der Waals surface area contributed by atoms with Crippen LogP contribution in [0, 0.1) is 6.92 Å². The lowest BCUT2D eigenvalue weighted by Gasteiger charge is -2.19. The molecule has 1 fully saturated rings. The summed E-state index contributed by atoms with van der Waals surface area (Å²) in [5.74, 6) is -0.549. The molecule has 2 aromatic rings. The van der Waals surface area contributed by atoms with E-state index in [1.165, 1.54) is 0 Å². The van der Waals surface area contributed by atoms with Gasteiger partial charge in [-0.05, 0) is 32.1 Å². The molecule has 2 heterocycles. The summed E-state index contributed by atoms with van der Waals surface area (Å²) >= 11 is 0. The number of likely N-dealkylation sites (N-methyl/N-ethyl adjacent to an activating group) is 1. The Labute approximate surface area is 134 Å². The maximum atomic E-state index is 12.3. The summed E-state index contributed by atoms with van der Waals surface area (Å²) in [7, 11) is 2.02. The molecule has 122 valence electrons. The highest BCUT2D eigenvalue weighted by Gasteiger charge is 2.23. The van der Waals surface area contributed by atoms with Gasteiger partial charge in [0, 0.05) is 38.3 Å². The van der Waals surface area contributed by atoms with Crippen molar-refractivity contribution in [2.45, 2.75) is 13.3 Å². The topological polar surface area (TPSA) is 78.7 Å². The molecule has 1 N–H and O–H groups in total. The molecule has 1 aliphatic rings. The van der Waals surface area contributed by atoms with Crippen LogP contribution in [-0.2, 0) is 9.59 Å². The smallest absolute Gasteiger partial charge is 0.313 e. The lowest BCUT2D eigenvalue weighted by Crippen LogP contribution is -2.41. The number of anilines is 1. The number of hydrogen-bond acceptors (Lipinski definition) is 5. The number of nitrogens with one attached hydrogen (secondary N) is 1. The van der Waals surface area contributed by atoms with Crippen LogP contribution in [0.15, 0.2) is 22.6 Å². The van der Waals surface area contributed by atoms with E-state index < -0.39 is 11.8 Å². The third-order valence-corrected chi connectivity index (χ3v) is 3.95. The molecule has 0 radical (unpaired) electrons. The minimum atomic E-state index is -0.620. The zero-order valence-corrected chi connectivity index (χ0v) is 13.3. The van der Waals surface area contributed by atoms with Crippen LogP contribution in [0.2, 0.25) is 0 Å². The fraction of sp³-hybridized carbons (Fsp3) is 0.438. The van der Waals surface area contributed by atoms with Gasteiger partial charge in [-0.15, -0.1) is 0 Å². The van der Waals surface area contributed by atoms with Gasteiger partial charge >= 0.3 is 11.8 Å². The molecule has 0 bridgehead atoms.